The molecule has 1 fully saturated rings. The van der Waals surface area contributed by atoms with Crippen molar-refractivity contribution in [3.63, 3.8) is 0 Å². The summed E-state index contributed by atoms with van der Waals surface area (Å²) in [6.45, 7) is 3.38. The number of unbranched alkanes of at least 4 members (excludes halogenated alkanes) is 4. The van der Waals surface area contributed by atoms with Gasteiger partial charge in [-0.3, -0.25) is 34.2 Å². The van der Waals surface area contributed by atoms with Crippen LogP contribution in [0, 0.1) is 5.41 Å². The van der Waals surface area contributed by atoms with E-state index in [-0.39, 0.29) is 56.9 Å². The predicted molar refractivity (Wildman–Crippen MR) is 218 cm³/mol. The quantitative estimate of drug-likeness (QED) is 0.0192. The van der Waals surface area contributed by atoms with Gasteiger partial charge in [0.25, 0.3) is 0 Å². The van der Waals surface area contributed by atoms with Gasteiger partial charge in [0.2, 0.25) is 35.4 Å². The molecule has 1 aliphatic rings. The second kappa shape index (κ2) is 29.6. The van der Waals surface area contributed by atoms with Crippen molar-refractivity contribution in [2.75, 3.05) is 39.3 Å². The maximum Gasteiger partial charge on any atom is 0.326 e. The second-order valence-corrected chi connectivity index (χ2v) is 14.6. The number of rotatable bonds is 31. The van der Waals surface area contributed by atoms with Gasteiger partial charge in [-0.1, -0.05) is 0 Å². The fourth-order valence-electron chi connectivity index (χ4n) is 6.61. The summed E-state index contributed by atoms with van der Waals surface area (Å²) in [5.74, 6) is -5.02. The maximum absolute atomic E-state index is 14.0. The minimum Gasteiger partial charge on any atom is -0.480 e. The summed E-state index contributed by atoms with van der Waals surface area (Å²) in [7, 11) is 0. The summed E-state index contributed by atoms with van der Waals surface area (Å²) in [5.41, 5.74) is 28.1. The largest absolute Gasteiger partial charge is 0.480 e. The van der Waals surface area contributed by atoms with Crippen molar-refractivity contribution in [1.29, 1.82) is 5.41 Å². The number of amides is 6. The predicted octanol–water partition coefficient (Wildman–Crippen LogP) is -2.71. The van der Waals surface area contributed by atoms with Gasteiger partial charge in [0.15, 0.2) is 5.96 Å². The van der Waals surface area contributed by atoms with E-state index in [1.165, 1.54) is 11.8 Å². The smallest absolute Gasteiger partial charge is 0.326 e. The van der Waals surface area contributed by atoms with Crippen molar-refractivity contribution >= 4 is 47.4 Å². The molecule has 0 aromatic heterocycles. The van der Waals surface area contributed by atoms with Crippen molar-refractivity contribution in [2.45, 2.75) is 146 Å². The second-order valence-electron chi connectivity index (χ2n) is 14.6. The highest BCUT2D eigenvalue weighted by molar-refractivity contribution is 5.96. The molecule has 1 aliphatic heterocycles. The van der Waals surface area contributed by atoms with Gasteiger partial charge in [0.1, 0.15) is 36.3 Å². The van der Waals surface area contributed by atoms with Crippen LogP contribution in [-0.2, 0) is 33.6 Å². The van der Waals surface area contributed by atoms with Gasteiger partial charge in [-0.05, 0) is 129 Å². The van der Waals surface area contributed by atoms with E-state index >= 15 is 0 Å². The molecule has 332 valence electrons. The monoisotopic (exact) mass is 826 g/mol. The highest BCUT2D eigenvalue weighted by Crippen LogP contribution is 2.18. The van der Waals surface area contributed by atoms with Crippen LogP contribution in [0.15, 0.2) is 0 Å². The number of carboxylic acid groups (broad SMARTS) is 1. The first kappa shape index (κ1) is 51.4. The number of guanidine groups is 1. The van der Waals surface area contributed by atoms with E-state index in [1.807, 2.05) is 0 Å². The maximum atomic E-state index is 14.0. The Morgan fingerprint density at radius 1 is 0.603 bits per heavy atom. The molecule has 0 unspecified atom stereocenters. The molecule has 0 saturated carbocycles. The van der Waals surface area contributed by atoms with Gasteiger partial charge in [-0.15, -0.1) is 0 Å². The molecule has 0 aliphatic carbocycles. The molecule has 1 heterocycles. The number of carboxylic acids is 1. The Balaban J connectivity index is 3.33. The van der Waals surface area contributed by atoms with Gasteiger partial charge in [-0.25, -0.2) is 4.79 Å². The van der Waals surface area contributed by atoms with Gasteiger partial charge in [-0.2, -0.15) is 0 Å². The van der Waals surface area contributed by atoms with Gasteiger partial charge < -0.3 is 70.6 Å². The standard InChI is InChI=1S/C37H71N13O8/c1-24(51)50-23-11-17-30(50)35(56)48-27(14-4-8-20-40)33(54)46-25(12-2-6-18-38)31(52)45-26(13-3-7-19-39)32(53)47-28(16-10-22-44-37(42)43)34(55)49-29(36(57)58)15-5-9-21-41/h25-30H,2-23,38-41H2,1H3,(H,45,52)(H,46,54)(H,47,53)(H,48,56)(H,49,55)(H,57,58)(H4,42,43,44)/t25-,26-,27-,28-,29-,30-/m0/s1. The Labute approximate surface area is 341 Å². The fraction of sp³-hybridized carbons (Fsp3) is 0.784. The van der Waals surface area contributed by atoms with Gasteiger partial charge >= 0.3 is 5.97 Å². The molecule has 0 aromatic rings. The summed E-state index contributed by atoms with van der Waals surface area (Å²) < 4.78 is 0. The molecule has 18 N–H and O–H groups in total. The van der Waals surface area contributed by atoms with Crippen molar-refractivity contribution in [1.82, 2.24) is 36.8 Å². The lowest BCUT2D eigenvalue weighted by Gasteiger charge is -2.28. The zero-order chi connectivity index (χ0) is 43.5. The first-order valence-corrected chi connectivity index (χ1v) is 20.6. The lowest BCUT2D eigenvalue weighted by molar-refractivity contribution is -0.142. The Morgan fingerprint density at radius 2 is 0.966 bits per heavy atom. The van der Waals surface area contributed by atoms with E-state index in [1.54, 1.807) is 0 Å². The minimum atomic E-state index is -1.25. The van der Waals surface area contributed by atoms with Gasteiger partial charge in [0.05, 0.1) is 0 Å². The Kier molecular flexibility index (Phi) is 26.2. The fourth-order valence-corrected chi connectivity index (χ4v) is 6.61. The van der Waals surface area contributed by atoms with Crippen LogP contribution in [0.2, 0.25) is 0 Å². The van der Waals surface area contributed by atoms with Crippen LogP contribution in [0.1, 0.15) is 110 Å². The van der Waals surface area contributed by atoms with Crippen LogP contribution < -0.4 is 60.6 Å². The average Bonchev–Trinajstić information content (AvgIpc) is 3.68. The minimum absolute atomic E-state index is 0.0382. The summed E-state index contributed by atoms with van der Waals surface area (Å²) in [4.78, 5) is 94.1. The van der Waals surface area contributed by atoms with E-state index in [0.29, 0.717) is 96.9 Å². The summed E-state index contributed by atoms with van der Waals surface area (Å²) >= 11 is 0. The molecular weight excluding hydrogens is 754 g/mol. The molecular formula is C37H71N13O8. The highest BCUT2D eigenvalue weighted by atomic mass is 16.4. The first-order chi connectivity index (χ1) is 27.7. The van der Waals surface area contributed by atoms with E-state index in [2.05, 4.69) is 31.9 Å². The van der Waals surface area contributed by atoms with Crippen molar-refractivity contribution in [2.24, 2.45) is 28.7 Å². The van der Waals surface area contributed by atoms with Crippen molar-refractivity contribution < 1.29 is 38.7 Å². The Bertz CT molecular complexity index is 1320. The number of carbonyl (C=O) groups is 7. The van der Waals surface area contributed by atoms with Crippen LogP contribution in [0.25, 0.3) is 0 Å². The average molecular weight is 826 g/mol. The van der Waals surface area contributed by atoms with Crippen LogP contribution in [0.4, 0.5) is 0 Å². The van der Waals surface area contributed by atoms with Crippen LogP contribution in [0.3, 0.4) is 0 Å². The number of likely N-dealkylation sites (tertiary alicyclic amines) is 1. The highest BCUT2D eigenvalue weighted by Gasteiger charge is 2.36. The molecule has 21 heteroatoms. The topological polar surface area (TPSA) is 369 Å². The number of carbonyl (C=O) groups excluding carboxylic acids is 6. The number of aliphatic carboxylic acids is 1. The van der Waals surface area contributed by atoms with Crippen LogP contribution in [0.5, 0.6) is 0 Å². The molecule has 1 rings (SSSR count). The zero-order valence-electron chi connectivity index (χ0n) is 34.2. The lowest BCUT2D eigenvalue weighted by Crippen LogP contribution is -2.59. The molecule has 0 spiro atoms. The van der Waals surface area contributed by atoms with Crippen LogP contribution >= 0.6 is 0 Å². The molecule has 0 aromatic carbocycles. The third kappa shape index (κ3) is 20.2. The van der Waals surface area contributed by atoms with E-state index < -0.39 is 71.8 Å². The molecule has 21 nitrogen and oxygen atoms in total. The summed E-state index contributed by atoms with van der Waals surface area (Å²) in [6.07, 6.45) is 6.05. The Hall–Kier alpha value is -4.60. The zero-order valence-corrected chi connectivity index (χ0v) is 34.2. The summed E-state index contributed by atoms with van der Waals surface area (Å²) in [6, 6.07) is -6.53. The SMILES string of the molecule is CC(=O)N1CCC[C@H]1C(=O)N[C@@H](CCCCN)C(=O)N[C@@H](CCCCN)C(=O)N[C@@H](CCCCN)C(=O)N[C@@H](CCCNC(=N)N)C(=O)N[C@@H](CCCCN)C(=O)O. The number of nitrogens with zero attached hydrogens (tertiary/aromatic N) is 1. The Morgan fingerprint density at radius 3 is 1.33 bits per heavy atom. The number of nitrogens with one attached hydrogen (secondary N) is 7. The third-order valence-corrected chi connectivity index (χ3v) is 9.88. The third-order valence-electron chi connectivity index (χ3n) is 9.88. The van der Waals surface area contributed by atoms with E-state index in [9.17, 15) is 38.7 Å². The van der Waals surface area contributed by atoms with Crippen LogP contribution in [-0.4, -0.2) is 133 Å². The van der Waals surface area contributed by atoms with Crippen molar-refractivity contribution in [3.05, 3.63) is 0 Å². The van der Waals surface area contributed by atoms with Crippen molar-refractivity contribution in [3.8, 4) is 0 Å². The molecule has 0 radical (unpaired) electrons. The van der Waals surface area contributed by atoms with E-state index in [0.717, 1.165) is 0 Å². The molecule has 58 heavy (non-hydrogen) atoms. The van der Waals surface area contributed by atoms with E-state index in [4.69, 9.17) is 34.1 Å². The molecule has 0 bridgehead atoms. The summed E-state index contributed by atoms with van der Waals surface area (Å²) in [5, 5.41) is 33.3. The van der Waals surface area contributed by atoms with Gasteiger partial charge in [0, 0.05) is 20.0 Å². The normalized spacial score (nSPS) is 16.2. The molecule has 6 amide bonds. The molecule has 1 saturated heterocycles. The first-order valence-electron chi connectivity index (χ1n) is 20.6. The number of hydrogen-bond acceptors (Lipinski definition) is 12. The number of hydrogen-bond donors (Lipinski definition) is 13. The lowest BCUT2D eigenvalue weighted by atomic mass is 10.0. The number of nitrogens with two attached hydrogens (primary N) is 5. The molecule has 6 atom stereocenters.